The van der Waals surface area contributed by atoms with Crippen molar-refractivity contribution in [3.8, 4) is 0 Å². The average molecular weight is 463 g/mol. The van der Waals surface area contributed by atoms with E-state index < -0.39 is 17.5 Å². The van der Waals surface area contributed by atoms with Crippen molar-refractivity contribution in [3.63, 3.8) is 0 Å². The predicted molar refractivity (Wildman–Crippen MR) is 109 cm³/mol. The smallest absolute Gasteiger partial charge is 1.00 e. The molecule has 0 rings (SSSR count). The van der Waals surface area contributed by atoms with Gasteiger partial charge in [-0.05, 0) is 41.5 Å². The van der Waals surface area contributed by atoms with Gasteiger partial charge < -0.3 is 26.1 Å². The quantitative estimate of drug-likeness (QED) is 0.177. The van der Waals surface area contributed by atoms with Gasteiger partial charge in [0.15, 0.2) is 0 Å². The summed E-state index contributed by atoms with van der Waals surface area (Å²) in [7, 11) is 0. The maximum absolute atomic E-state index is 10.9. The summed E-state index contributed by atoms with van der Waals surface area (Å²) in [6.07, 6.45) is 1.87. The van der Waals surface area contributed by atoms with Crippen LogP contribution in [-0.2, 0) is 28.5 Å². The van der Waals surface area contributed by atoms with Gasteiger partial charge in [-0.3, -0.25) is 5.32 Å². The van der Waals surface area contributed by atoms with E-state index in [9.17, 15) is 19.2 Å². The molecule has 0 saturated carbocycles. The molecule has 0 unspecified atom stereocenters. The number of carbonyl (C=O) groups excluding carboxylic acids is 4. The maximum atomic E-state index is 10.9. The molecule has 0 heterocycles. The Labute approximate surface area is 206 Å². The summed E-state index contributed by atoms with van der Waals surface area (Å²) in [5, 5.41) is 2.37. The first-order valence-corrected chi connectivity index (χ1v) is 9.13. The van der Waals surface area contributed by atoms with Crippen LogP contribution in [0.1, 0.15) is 43.0 Å². The molecule has 0 aromatic rings. The Morgan fingerprint density at radius 3 is 1.53 bits per heavy atom. The molecule has 0 atom stereocenters. The monoisotopic (exact) mass is 462 g/mol. The molecular weight excluding hydrogens is 431 g/mol. The zero-order valence-electron chi connectivity index (χ0n) is 19.7. The fourth-order valence-corrected chi connectivity index (χ4v) is 1.32. The number of alkyl carbamates (subject to hydrolysis) is 1. The Balaban J connectivity index is -0.000000115. The molecule has 0 aromatic heterocycles. The van der Waals surface area contributed by atoms with Gasteiger partial charge in [0.2, 0.25) is 0 Å². The molecule has 0 bridgehead atoms. The van der Waals surface area contributed by atoms with Crippen LogP contribution in [0.5, 0.6) is 0 Å². The zero-order chi connectivity index (χ0) is 23.2. The molecule has 0 fully saturated rings. The Morgan fingerprint density at radius 1 is 0.833 bits per heavy atom. The summed E-state index contributed by atoms with van der Waals surface area (Å²) < 4.78 is 18.0. The second-order valence-electron chi connectivity index (χ2n) is 4.74. The number of nitrogens with one attached hydrogen (secondary N) is 1. The van der Waals surface area contributed by atoms with Crippen molar-refractivity contribution in [1.82, 2.24) is 5.32 Å². The molecule has 10 nitrogen and oxygen atoms in total. The van der Waals surface area contributed by atoms with Gasteiger partial charge in [-0.25, -0.2) is 19.2 Å². The third-order valence-corrected chi connectivity index (χ3v) is 2.19. The summed E-state index contributed by atoms with van der Waals surface area (Å²) in [5.41, 5.74) is 5.30. The van der Waals surface area contributed by atoms with Gasteiger partial charge in [0.25, 0.3) is 0 Å². The molecule has 12 heteroatoms. The van der Waals surface area contributed by atoms with Crippen LogP contribution >= 0.6 is 11.6 Å². The molecule has 0 aliphatic carbocycles. The van der Waals surface area contributed by atoms with E-state index in [1.165, 1.54) is 12.2 Å². The molecule has 170 valence electrons. The summed E-state index contributed by atoms with van der Waals surface area (Å²) in [4.78, 5) is 41.8. The zero-order valence-corrected chi connectivity index (χ0v) is 21.5. The molecule has 0 aromatic carbocycles. The topological polar surface area (TPSA) is 143 Å². The van der Waals surface area contributed by atoms with Crippen LogP contribution < -0.4 is 40.6 Å². The summed E-state index contributed by atoms with van der Waals surface area (Å²) in [5.74, 6) is -0.862. The minimum Gasteiger partial charge on any atom is -1.00 e. The first kappa shape index (κ1) is 35.7. The largest absolute Gasteiger partial charge is 1.00 e. The van der Waals surface area contributed by atoms with Crippen molar-refractivity contribution in [2.24, 2.45) is 5.73 Å². The predicted octanol–water partition coefficient (Wildman–Crippen LogP) is 0.110. The molecule has 0 aliphatic heterocycles. The molecule has 0 saturated heterocycles. The normalized spacial score (nSPS) is 9.83. The molecular formula is C18H32ClN2NaO8. The number of rotatable bonds is 7. The minimum atomic E-state index is -0.738. The van der Waals surface area contributed by atoms with Crippen molar-refractivity contribution in [3.05, 3.63) is 23.5 Å². The summed E-state index contributed by atoms with van der Waals surface area (Å²) in [6.45, 7) is 11.4. The van der Waals surface area contributed by atoms with Crippen LogP contribution in [0.25, 0.3) is 0 Å². The SMILES string of the molecule is CCOC(=O)/C=C(/C)N.CCOC(=O)/C=C(/C)NC(=O)OCC.CCOC(=O)Cl.[H-].[Na+]. The molecule has 1 amide bonds. The fourth-order valence-electron chi connectivity index (χ4n) is 1.21. The van der Waals surface area contributed by atoms with Crippen molar-refractivity contribution >= 4 is 35.1 Å². The number of esters is 2. The second-order valence-corrected chi connectivity index (χ2v) is 5.04. The van der Waals surface area contributed by atoms with Crippen LogP contribution in [0.15, 0.2) is 23.5 Å². The molecule has 30 heavy (non-hydrogen) atoms. The van der Waals surface area contributed by atoms with Crippen LogP contribution in [0, 0.1) is 0 Å². The number of hydrogen-bond acceptors (Lipinski definition) is 9. The Hall–Kier alpha value is -1.75. The van der Waals surface area contributed by atoms with E-state index in [0.29, 0.717) is 37.8 Å². The molecule has 0 radical (unpaired) electrons. The number of hydrogen-bond donors (Lipinski definition) is 2. The number of ether oxygens (including phenoxy) is 4. The third-order valence-electron chi connectivity index (χ3n) is 2.09. The molecule has 3 N–H and O–H groups in total. The van der Waals surface area contributed by atoms with Crippen LogP contribution in [0.2, 0.25) is 0 Å². The van der Waals surface area contributed by atoms with Gasteiger partial charge in [-0.15, -0.1) is 0 Å². The first-order valence-electron chi connectivity index (χ1n) is 8.75. The average Bonchev–Trinajstić information content (AvgIpc) is 2.55. The van der Waals surface area contributed by atoms with E-state index in [2.05, 4.69) is 24.3 Å². The van der Waals surface area contributed by atoms with Crippen LogP contribution in [-0.4, -0.2) is 49.9 Å². The minimum absolute atomic E-state index is 0. The van der Waals surface area contributed by atoms with E-state index >= 15 is 0 Å². The van der Waals surface area contributed by atoms with Crippen LogP contribution in [0.3, 0.4) is 0 Å². The Morgan fingerprint density at radius 2 is 1.23 bits per heavy atom. The van der Waals surface area contributed by atoms with Crippen molar-refractivity contribution < 1.29 is 69.1 Å². The van der Waals surface area contributed by atoms with Crippen molar-refractivity contribution in [1.29, 1.82) is 0 Å². The summed E-state index contributed by atoms with van der Waals surface area (Å²) >= 11 is 4.72. The van der Waals surface area contributed by atoms with E-state index in [0.717, 1.165) is 0 Å². The number of amides is 1. The second kappa shape index (κ2) is 25.3. The number of allylic oxidation sites excluding steroid dienone is 2. The van der Waals surface area contributed by atoms with Gasteiger partial charge in [0, 0.05) is 35.1 Å². The standard InChI is InChI=1S/C9H15NO4.C6H11NO2.C3H5ClO2.Na.H/c1-4-13-8(11)6-7(3)10-9(12)14-5-2;1-3-9-6(8)4-5(2)7;1-2-6-3(4)5;;/h6H,4-5H2,1-3H3,(H,10,12);4H,3,7H2,1-2H3;2H2,1H3;;/q;;;+1;-1/b7-6-;5-4-;;;. The Kier molecular flexibility index (Phi) is 30.1. The van der Waals surface area contributed by atoms with Crippen LogP contribution in [0.4, 0.5) is 9.59 Å². The van der Waals surface area contributed by atoms with E-state index in [1.54, 1.807) is 41.5 Å². The van der Waals surface area contributed by atoms with E-state index in [-0.39, 0.29) is 37.0 Å². The van der Waals surface area contributed by atoms with Gasteiger partial charge in [0.1, 0.15) is 0 Å². The van der Waals surface area contributed by atoms with E-state index in [4.69, 9.17) is 17.3 Å². The van der Waals surface area contributed by atoms with E-state index in [1.807, 2.05) is 0 Å². The van der Waals surface area contributed by atoms with Gasteiger partial charge in [-0.1, -0.05) is 0 Å². The first-order chi connectivity index (χ1) is 13.5. The van der Waals surface area contributed by atoms with Crippen molar-refractivity contribution in [2.45, 2.75) is 41.5 Å². The third kappa shape index (κ3) is 33.8. The molecule has 0 aliphatic rings. The van der Waals surface area contributed by atoms with Gasteiger partial charge in [0.05, 0.1) is 26.4 Å². The maximum Gasteiger partial charge on any atom is 1.00 e. The number of nitrogens with two attached hydrogens (primary N) is 1. The molecule has 0 spiro atoms. The van der Waals surface area contributed by atoms with Crippen molar-refractivity contribution in [2.75, 3.05) is 26.4 Å². The Bertz CT molecular complexity index is 571. The summed E-state index contributed by atoms with van der Waals surface area (Å²) in [6, 6.07) is 0. The van der Waals surface area contributed by atoms with Gasteiger partial charge in [-0.2, -0.15) is 0 Å². The van der Waals surface area contributed by atoms with Gasteiger partial charge >= 0.3 is 53.0 Å². The number of halogens is 1. The fraction of sp³-hybridized carbons (Fsp3) is 0.556. The number of carbonyl (C=O) groups is 4.